The first-order valence-corrected chi connectivity index (χ1v) is 6.67. The van der Waals surface area contributed by atoms with Crippen molar-refractivity contribution in [3.63, 3.8) is 0 Å². The lowest BCUT2D eigenvalue weighted by Crippen LogP contribution is -2.29. The summed E-state index contributed by atoms with van der Waals surface area (Å²) in [5.41, 5.74) is 6.17. The summed E-state index contributed by atoms with van der Waals surface area (Å²) in [5.74, 6) is 0.685. The van der Waals surface area contributed by atoms with E-state index < -0.39 is 0 Å². The lowest BCUT2D eigenvalue weighted by atomic mass is 9.93. The summed E-state index contributed by atoms with van der Waals surface area (Å²) >= 11 is 0. The minimum Gasteiger partial charge on any atom is -0.385 e. The maximum absolute atomic E-state index is 6.17. The highest BCUT2D eigenvalue weighted by molar-refractivity contribution is 4.76. The molecule has 1 saturated carbocycles. The highest BCUT2D eigenvalue weighted by Crippen LogP contribution is 2.24. The third-order valence-corrected chi connectivity index (χ3v) is 3.49. The van der Waals surface area contributed by atoms with Crippen molar-refractivity contribution < 1.29 is 9.47 Å². The van der Waals surface area contributed by atoms with Crippen LogP contribution in [-0.2, 0) is 9.47 Å². The van der Waals surface area contributed by atoms with E-state index in [-0.39, 0.29) is 0 Å². The number of hydrogen-bond acceptors (Lipinski definition) is 3. The molecule has 1 rings (SSSR count). The van der Waals surface area contributed by atoms with E-state index in [1.54, 1.807) is 7.11 Å². The van der Waals surface area contributed by atoms with Crippen molar-refractivity contribution in [1.82, 2.24) is 0 Å². The molecule has 3 heteroatoms. The van der Waals surface area contributed by atoms with Crippen molar-refractivity contribution in [2.75, 3.05) is 26.9 Å². The van der Waals surface area contributed by atoms with Gasteiger partial charge in [0.15, 0.2) is 0 Å². The van der Waals surface area contributed by atoms with Gasteiger partial charge in [-0.15, -0.1) is 0 Å². The molecule has 0 aromatic rings. The Labute approximate surface area is 99.7 Å². The molecule has 0 aromatic carbocycles. The second-order valence-electron chi connectivity index (χ2n) is 4.81. The Kier molecular flexibility index (Phi) is 7.81. The average molecular weight is 229 g/mol. The van der Waals surface area contributed by atoms with Gasteiger partial charge in [-0.05, 0) is 31.6 Å². The Morgan fingerprint density at radius 1 is 1.06 bits per heavy atom. The first kappa shape index (κ1) is 13.9. The van der Waals surface area contributed by atoms with Crippen molar-refractivity contribution >= 4 is 0 Å². The molecule has 16 heavy (non-hydrogen) atoms. The normalized spacial score (nSPS) is 26.6. The molecular formula is C13H27NO2. The topological polar surface area (TPSA) is 44.5 Å². The second-order valence-corrected chi connectivity index (χ2v) is 4.81. The third kappa shape index (κ3) is 5.83. The highest BCUT2D eigenvalue weighted by Gasteiger charge is 2.19. The number of ether oxygens (including phenoxy) is 2. The first-order chi connectivity index (χ1) is 7.84. The minimum absolute atomic E-state index is 0.407. The minimum atomic E-state index is 0.407. The quantitative estimate of drug-likeness (QED) is 0.538. The predicted octanol–water partition coefficient (Wildman–Crippen LogP) is 2.34. The van der Waals surface area contributed by atoms with Gasteiger partial charge in [0.1, 0.15) is 0 Å². The zero-order valence-electron chi connectivity index (χ0n) is 10.6. The van der Waals surface area contributed by atoms with Crippen LogP contribution < -0.4 is 5.73 Å². The first-order valence-electron chi connectivity index (χ1n) is 6.67. The van der Waals surface area contributed by atoms with E-state index in [1.807, 2.05) is 0 Å². The van der Waals surface area contributed by atoms with Gasteiger partial charge in [0.05, 0.1) is 0 Å². The number of rotatable bonds is 7. The van der Waals surface area contributed by atoms with Gasteiger partial charge in [-0.3, -0.25) is 0 Å². The molecule has 0 aromatic heterocycles. The Morgan fingerprint density at radius 2 is 1.88 bits per heavy atom. The lowest BCUT2D eigenvalue weighted by Gasteiger charge is -2.21. The molecule has 2 N–H and O–H groups in total. The van der Waals surface area contributed by atoms with Crippen molar-refractivity contribution in [3.8, 4) is 0 Å². The summed E-state index contributed by atoms with van der Waals surface area (Å²) in [6.07, 6.45) is 8.64. The van der Waals surface area contributed by atoms with Crippen molar-refractivity contribution in [1.29, 1.82) is 0 Å². The van der Waals surface area contributed by atoms with E-state index in [0.29, 0.717) is 12.0 Å². The van der Waals surface area contributed by atoms with Gasteiger partial charge >= 0.3 is 0 Å². The smallest absolute Gasteiger partial charge is 0.0487 e. The molecule has 3 nitrogen and oxygen atoms in total. The molecule has 2 unspecified atom stereocenters. The average Bonchev–Trinajstić information content (AvgIpc) is 2.49. The van der Waals surface area contributed by atoms with Crippen LogP contribution in [-0.4, -0.2) is 33.0 Å². The fourth-order valence-corrected chi connectivity index (χ4v) is 2.41. The molecule has 0 saturated heterocycles. The van der Waals surface area contributed by atoms with Crippen LogP contribution in [0.4, 0.5) is 0 Å². The standard InChI is InChI=1S/C13H27NO2/c1-15-9-5-10-16-11-8-12-6-3-2-4-7-13(12)14/h12-13H,2-11,14H2,1H3. The maximum atomic E-state index is 6.17. The molecule has 96 valence electrons. The molecule has 0 radical (unpaired) electrons. The highest BCUT2D eigenvalue weighted by atomic mass is 16.5. The fraction of sp³-hybridized carbons (Fsp3) is 1.00. The summed E-state index contributed by atoms with van der Waals surface area (Å²) in [7, 11) is 1.73. The number of hydrogen-bond donors (Lipinski definition) is 1. The molecule has 1 aliphatic carbocycles. The predicted molar refractivity (Wildman–Crippen MR) is 66.5 cm³/mol. The molecular weight excluding hydrogens is 202 g/mol. The van der Waals surface area contributed by atoms with Crippen LogP contribution in [0.2, 0.25) is 0 Å². The molecule has 0 aliphatic heterocycles. The van der Waals surface area contributed by atoms with Crippen LogP contribution in [0.1, 0.15) is 44.9 Å². The lowest BCUT2D eigenvalue weighted by molar-refractivity contribution is 0.0906. The zero-order chi connectivity index (χ0) is 11.6. The summed E-state index contributed by atoms with van der Waals surface area (Å²) in [4.78, 5) is 0. The molecule has 1 fully saturated rings. The van der Waals surface area contributed by atoms with Crippen LogP contribution in [0.3, 0.4) is 0 Å². The molecule has 2 atom stereocenters. The van der Waals surface area contributed by atoms with Crippen LogP contribution in [0, 0.1) is 5.92 Å². The third-order valence-electron chi connectivity index (χ3n) is 3.49. The van der Waals surface area contributed by atoms with Gasteiger partial charge in [-0.2, -0.15) is 0 Å². The maximum Gasteiger partial charge on any atom is 0.0487 e. The Balaban J connectivity index is 2.01. The van der Waals surface area contributed by atoms with Crippen molar-refractivity contribution in [2.45, 2.75) is 51.0 Å². The van der Waals surface area contributed by atoms with Gasteiger partial charge in [0, 0.05) is 33.0 Å². The Morgan fingerprint density at radius 3 is 2.69 bits per heavy atom. The van der Waals surface area contributed by atoms with Crippen molar-refractivity contribution in [3.05, 3.63) is 0 Å². The zero-order valence-corrected chi connectivity index (χ0v) is 10.6. The largest absolute Gasteiger partial charge is 0.385 e. The van der Waals surface area contributed by atoms with E-state index in [9.17, 15) is 0 Å². The van der Waals surface area contributed by atoms with Gasteiger partial charge in [0.25, 0.3) is 0 Å². The van der Waals surface area contributed by atoms with Gasteiger partial charge in [-0.1, -0.05) is 19.3 Å². The van der Waals surface area contributed by atoms with E-state index >= 15 is 0 Å². The summed E-state index contributed by atoms with van der Waals surface area (Å²) in [6, 6.07) is 0.407. The summed E-state index contributed by atoms with van der Waals surface area (Å²) < 4.78 is 10.6. The Bertz CT molecular complexity index is 164. The van der Waals surface area contributed by atoms with E-state index in [4.69, 9.17) is 15.2 Å². The fourth-order valence-electron chi connectivity index (χ4n) is 2.41. The second kappa shape index (κ2) is 8.97. The van der Waals surface area contributed by atoms with Gasteiger partial charge in [0.2, 0.25) is 0 Å². The number of methoxy groups -OCH3 is 1. The molecule has 0 spiro atoms. The van der Waals surface area contributed by atoms with E-state index in [0.717, 1.165) is 32.7 Å². The van der Waals surface area contributed by atoms with Crippen molar-refractivity contribution in [2.24, 2.45) is 11.7 Å². The van der Waals surface area contributed by atoms with E-state index in [2.05, 4.69) is 0 Å². The SMILES string of the molecule is COCCCOCCC1CCCCCC1N. The van der Waals surface area contributed by atoms with Crippen LogP contribution in [0.15, 0.2) is 0 Å². The monoisotopic (exact) mass is 229 g/mol. The van der Waals surface area contributed by atoms with Crippen LogP contribution >= 0.6 is 0 Å². The van der Waals surface area contributed by atoms with E-state index in [1.165, 1.54) is 32.1 Å². The molecule has 0 heterocycles. The molecule has 1 aliphatic rings. The van der Waals surface area contributed by atoms with Crippen LogP contribution in [0.25, 0.3) is 0 Å². The summed E-state index contributed by atoms with van der Waals surface area (Å²) in [6.45, 7) is 2.47. The van der Waals surface area contributed by atoms with Gasteiger partial charge < -0.3 is 15.2 Å². The van der Waals surface area contributed by atoms with Gasteiger partial charge in [-0.25, -0.2) is 0 Å². The number of nitrogens with two attached hydrogens (primary N) is 1. The van der Waals surface area contributed by atoms with Crippen LogP contribution in [0.5, 0.6) is 0 Å². The molecule has 0 amide bonds. The summed E-state index contributed by atoms with van der Waals surface area (Å²) in [5, 5.41) is 0. The Hall–Kier alpha value is -0.120. The molecule has 0 bridgehead atoms.